The van der Waals surface area contributed by atoms with E-state index in [0.29, 0.717) is 12.6 Å². The van der Waals surface area contributed by atoms with Crippen molar-refractivity contribution in [3.63, 3.8) is 0 Å². The molecule has 1 fully saturated rings. The zero-order valence-electron chi connectivity index (χ0n) is 22.3. The van der Waals surface area contributed by atoms with Crippen LogP contribution in [0, 0.1) is 0 Å². The van der Waals surface area contributed by atoms with Gasteiger partial charge in [0, 0.05) is 47.8 Å². The van der Waals surface area contributed by atoms with Crippen LogP contribution in [-0.4, -0.2) is 45.7 Å². The fourth-order valence-electron chi connectivity index (χ4n) is 4.96. The van der Waals surface area contributed by atoms with E-state index in [9.17, 15) is 0 Å². The number of nitrogens with one attached hydrogen (secondary N) is 1. The van der Waals surface area contributed by atoms with Gasteiger partial charge in [0.1, 0.15) is 18.1 Å². The molecule has 4 heterocycles. The highest BCUT2D eigenvalue weighted by Gasteiger charge is 2.19. The number of fused-ring (bicyclic) bond motifs is 1. The lowest BCUT2D eigenvalue weighted by Gasteiger charge is -2.28. The summed E-state index contributed by atoms with van der Waals surface area (Å²) in [5, 5.41) is 5.40. The van der Waals surface area contributed by atoms with Gasteiger partial charge in [0.05, 0.1) is 24.6 Å². The van der Waals surface area contributed by atoms with Crippen LogP contribution in [0.25, 0.3) is 27.6 Å². The number of morpholine rings is 1. The summed E-state index contributed by atoms with van der Waals surface area (Å²) in [5.41, 5.74) is 6.75. The first-order chi connectivity index (χ1) is 20.3. The molecular weight excluding hydrogens is 532 g/mol. The Labute approximate surface area is 241 Å². The molecule has 8 nitrogen and oxygen atoms in total. The fourth-order valence-corrected chi connectivity index (χ4v) is 5.68. The molecule has 0 bridgehead atoms. The summed E-state index contributed by atoms with van der Waals surface area (Å²) in [6.45, 7) is 3.85. The summed E-state index contributed by atoms with van der Waals surface area (Å²) in [6, 6.07) is 28.5. The minimum atomic E-state index is 0.504. The number of benzene rings is 3. The maximum Gasteiger partial charge on any atom is 0.227 e. The molecule has 0 atom stereocenters. The third-order valence-electron chi connectivity index (χ3n) is 7.02. The molecule has 41 heavy (non-hydrogen) atoms. The van der Waals surface area contributed by atoms with Gasteiger partial charge < -0.3 is 19.7 Å². The highest BCUT2D eigenvalue weighted by atomic mass is 32.1. The van der Waals surface area contributed by atoms with E-state index in [0.717, 1.165) is 70.9 Å². The van der Waals surface area contributed by atoms with E-state index in [2.05, 4.69) is 62.1 Å². The summed E-state index contributed by atoms with van der Waals surface area (Å²) in [6.07, 6.45) is 3.81. The first-order valence-electron chi connectivity index (χ1n) is 13.6. The third kappa shape index (κ3) is 5.50. The van der Waals surface area contributed by atoms with Crippen LogP contribution in [0.15, 0.2) is 103 Å². The first kappa shape index (κ1) is 25.3. The topological polar surface area (TPSA) is 76.8 Å². The van der Waals surface area contributed by atoms with Gasteiger partial charge in [-0.05, 0) is 48.0 Å². The molecule has 1 aliphatic rings. The Hall–Kier alpha value is -4.73. The quantitative estimate of drug-likeness (QED) is 0.223. The minimum Gasteiger partial charge on any atom is -0.489 e. The Kier molecular flexibility index (Phi) is 7.02. The molecule has 1 saturated heterocycles. The Balaban J connectivity index is 1.16. The van der Waals surface area contributed by atoms with Crippen LogP contribution in [-0.2, 0) is 11.3 Å². The van der Waals surface area contributed by atoms with Gasteiger partial charge in [0.15, 0.2) is 4.96 Å². The standard InChI is InChI=1S/C32H28N6O2S/c1-2-5-23(6-3-1)22-40-27-8-4-7-24(21-27)29-30(38-17-20-41-32(38)36-29)28-13-14-33-31(35-28)34-25-9-11-26(12-10-25)37-15-18-39-19-16-37/h1-14,17,20-21H,15-16,18-19,22H2,(H,33,34,35). The number of rotatable bonds is 8. The first-order valence-corrected chi connectivity index (χ1v) is 14.4. The second-order valence-electron chi connectivity index (χ2n) is 9.70. The summed E-state index contributed by atoms with van der Waals surface area (Å²) < 4.78 is 13.7. The second-order valence-corrected chi connectivity index (χ2v) is 10.6. The van der Waals surface area contributed by atoms with Crippen LogP contribution >= 0.6 is 11.3 Å². The van der Waals surface area contributed by atoms with E-state index in [1.165, 1.54) is 5.69 Å². The smallest absolute Gasteiger partial charge is 0.227 e. The average molecular weight is 561 g/mol. The predicted molar refractivity (Wildman–Crippen MR) is 163 cm³/mol. The number of imidazole rings is 1. The maximum atomic E-state index is 6.11. The molecule has 1 N–H and O–H groups in total. The number of nitrogens with zero attached hydrogens (tertiary/aromatic N) is 5. The molecule has 7 rings (SSSR count). The van der Waals surface area contributed by atoms with Crippen molar-refractivity contribution < 1.29 is 9.47 Å². The normalized spacial score (nSPS) is 13.4. The van der Waals surface area contributed by atoms with Gasteiger partial charge in [-0.1, -0.05) is 42.5 Å². The van der Waals surface area contributed by atoms with Gasteiger partial charge in [-0.3, -0.25) is 4.40 Å². The van der Waals surface area contributed by atoms with Crippen molar-refractivity contribution in [2.45, 2.75) is 6.61 Å². The van der Waals surface area contributed by atoms with Crippen molar-refractivity contribution in [3.05, 3.63) is 108 Å². The lowest BCUT2D eigenvalue weighted by Crippen LogP contribution is -2.36. The molecule has 204 valence electrons. The Morgan fingerprint density at radius 3 is 2.61 bits per heavy atom. The van der Waals surface area contributed by atoms with Crippen molar-refractivity contribution in [3.8, 4) is 28.4 Å². The second kappa shape index (κ2) is 11.4. The Morgan fingerprint density at radius 2 is 1.76 bits per heavy atom. The predicted octanol–water partition coefficient (Wildman–Crippen LogP) is 6.68. The Morgan fingerprint density at radius 1 is 0.902 bits per heavy atom. The lowest BCUT2D eigenvalue weighted by atomic mass is 10.1. The summed E-state index contributed by atoms with van der Waals surface area (Å²) in [7, 11) is 0. The highest BCUT2D eigenvalue weighted by molar-refractivity contribution is 7.15. The molecule has 0 radical (unpaired) electrons. The van der Waals surface area contributed by atoms with Gasteiger partial charge in [-0.15, -0.1) is 11.3 Å². The van der Waals surface area contributed by atoms with E-state index in [1.807, 2.05) is 54.0 Å². The van der Waals surface area contributed by atoms with Crippen molar-refractivity contribution >= 4 is 33.6 Å². The molecule has 0 amide bonds. The number of thiazole rings is 1. The van der Waals surface area contributed by atoms with Crippen molar-refractivity contribution in [1.82, 2.24) is 19.4 Å². The molecule has 0 aliphatic carbocycles. The average Bonchev–Trinajstić information content (AvgIpc) is 3.64. The monoisotopic (exact) mass is 560 g/mol. The summed E-state index contributed by atoms with van der Waals surface area (Å²) in [4.78, 5) is 17.6. The lowest BCUT2D eigenvalue weighted by molar-refractivity contribution is 0.122. The van der Waals surface area contributed by atoms with Crippen LogP contribution in [0.1, 0.15) is 5.56 Å². The number of aromatic nitrogens is 4. The number of anilines is 3. The van der Waals surface area contributed by atoms with Gasteiger partial charge >= 0.3 is 0 Å². The van der Waals surface area contributed by atoms with Gasteiger partial charge in [0.25, 0.3) is 0 Å². The molecule has 6 aromatic rings. The Bertz CT molecular complexity index is 1760. The summed E-state index contributed by atoms with van der Waals surface area (Å²) in [5.74, 6) is 1.32. The van der Waals surface area contributed by atoms with Crippen molar-refractivity contribution in [2.24, 2.45) is 0 Å². The van der Waals surface area contributed by atoms with Crippen LogP contribution < -0.4 is 15.0 Å². The molecule has 3 aromatic heterocycles. The number of hydrogen-bond acceptors (Lipinski definition) is 8. The third-order valence-corrected chi connectivity index (χ3v) is 7.77. The zero-order chi connectivity index (χ0) is 27.4. The van der Waals surface area contributed by atoms with E-state index in [-0.39, 0.29) is 0 Å². The van der Waals surface area contributed by atoms with Crippen molar-refractivity contribution in [1.29, 1.82) is 0 Å². The van der Waals surface area contributed by atoms with Crippen LogP contribution in [0.3, 0.4) is 0 Å². The van der Waals surface area contributed by atoms with Crippen LogP contribution in [0.4, 0.5) is 17.3 Å². The van der Waals surface area contributed by atoms with Crippen molar-refractivity contribution in [2.75, 3.05) is 36.5 Å². The number of ether oxygens (including phenoxy) is 2. The van der Waals surface area contributed by atoms with Gasteiger partial charge in [-0.25, -0.2) is 15.0 Å². The van der Waals surface area contributed by atoms with E-state index < -0.39 is 0 Å². The van der Waals surface area contributed by atoms with E-state index in [1.54, 1.807) is 17.5 Å². The highest BCUT2D eigenvalue weighted by Crippen LogP contribution is 2.35. The summed E-state index contributed by atoms with van der Waals surface area (Å²) >= 11 is 1.59. The fraction of sp³-hybridized carbons (Fsp3) is 0.156. The van der Waals surface area contributed by atoms with Gasteiger partial charge in [-0.2, -0.15) is 0 Å². The molecule has 1 aliphatic heterocycles. The van der Waals surface area contributed by atoms with Gasteiger partial charge in [0.2, 0.25) is 5.95 Å². The van der Waals surface area contributed by atoms with E-state index in [4.69, 9.17) is 19.4 Å². The zero-order valence-corrected chi connectivity index (χ0v) is 23.1. The minimum absolute atomic E-state index is 0.504. The molecule has 9 heteroatoms. The van der Waals surface area contributed by atoms with E-state index >= 15 is 0 Å². The SMILES string of the molecule is c1ccc(COc2cccc(-c3nc4sccn4c3-c3ccnc(Nc4ccc(N5CCOCC5)cc4)n3)c2)cc1. The van der Waals surface area contributed by atoms with Crippen LogP contribution in [0.2, 0.25) is 0 Å². The number of hydrogen-bond donors (Lipinski definition) is 1. The largest absolute Gasteiger partial charge is 0.489 e. The molecular formula is C32H28N6O2S. The molecule has 3 aromatic carbocycles. The maximum absolute atomic E-state index is 6.11. The molecule has 0 spiro atoms. The van der Waals surface area contributed by atoms with Crippen LogP contribution in [0.5, 0.6) is 5.75 Å². The molecule has 0 unspecified atom stereocenters. The molecule has 0 saturated carbocycles.